The zero-order valence-electron chi connectivity index (χ0n) is 10.8. The number of nitrogen functional groups attached to an aromatic ring is 1. The van der Waals surface area contributed by atoms with E-state index < -0.39 is 0 Å². The van der Waals surface area contributed by atoms with Crippen molar-refractivity contribution in [1.82, 2.24) is 5.32 Å². The number of hydrogen-bond acceptors (Lipinski definition) is 3. The zero-order valence-corrected chi connectivity index (χ0v) is 10.8. The summed E-state index contributed by atoms with van der Waals surface area (Å²) in [5.74, 6) is -0.310. The average Bonchev–Trinajstić information content (AvgIpc) is 3.16. The minimum absolute atomic E-state index is 0.0294. The summed E-state index contributed by atoms with van der Waals surface area (Å²) in [4.78, 5) is 22.8. The summed E-state index contributed by atoms with van der Waals surface area (Å²) in [6.07, 6.45) is 2.60. The van der Waals surface area contributed by atoms with Crippen molar-refractivity contribution in [3.8, 4) is 0 Å². The van der Waals surface area contributed by atoms with Crippen LogP contribution in [0, 0.1) is 0 Å². The van der Waals surface area contributed by atoms with Crippen LogP contribution < -0.4 is 16.8 Å². The number of nitrogens with two attached hydrogens (primary N) is 2. The Balaban J connectivity index is 1.91. The fourth-order valence-corrected chi connectivity index (χ4v) is 2.21. The Kier molecular flexibility index (Phi) is 3.74. The molecule has 2 amide bonds. The predicted molar refractivity (Wildman–Crippen MR) is 73.2 cm³/mol. The predicted octanol–water partition coefficient (Wildman–Crippen LogP) is 0.682. The molecule has 5 nitrogen and oxygen atoms in total. The first-order valence-corrected chi connectivity index (χ1v) is 6.47. The molecule has 0 aliphatic heterocycles. The van der Waals surface area contributed by atoms with Gasteiger partial charge in [-0.25, -0.2) is 0 Å². The van der Waals surface area contributed by atoms with Crippen LogP contribution in [-0.2, 0) is 15.0 Å². The highest BCUT2D eigenvalue weighted by Crippen LogP contribution is 2.48. The van der Waals surface area contributed by atoms with E-state index in [1.54, 1.807) is 0 Å². The van der Waals surface area contributed by atoms with Gasteiger partial charge in [0.05, 0.1) is 5.41 Å². The fraction of sp³-hybridized carbons (Fsp3) is 0.429. The number of nitrogens with one attached hydrogen (secondary N) is 1. The molecule has 5 N–H and O–H groups in total. The highest BCUT2D eigenvalue weighted by atomic mass is 16.2. The second-order valence-electron chi connectivity index (χ2n) is 5.03. The lowest BCUT2D eigenvalue weighted by molar-refractivity contribution is -0.124. The van der Waals surface area contributed by atoms with Crippen LogP contribution >= 0.6 is 0 Å². The SMILES string of the molecule is NC(=O)CCCNC(=O)C1(c2ccc(N)cc2)CC1. The van der Waals surface area contributed by atoms with Crippen LogP contribution in [0.3, 0.4) is 0 Å². The molecule has 5 heteroatoms. The van der Waals surface area contributed by atoms with E-state index >= 15 is 0 Å². The maximum absolute atomic E-state index is 12.2. The summed E-state index contributed by atoms with van der Waals surface area (Å²) in [7, 11) is 0. The van der Waals surface area contributed by atoms with Crippen molar-refractivity contribution in [2.45, 2.75) is 31.1 Å². The van der Waals surface area contributed by atoms with Crippen molar-refractivity contribution in [3.05, 3.63) is 29.8 Å². The number of amides is 2. The summed E-state index contributed by atoms with van der Waals surface area (Å²) in [5, 5.41) is 2.88. The first-order valence-electron chi connectivity index (χ1n) is 6.47. The minimum atomic E-state index is -0.388. The monoisotopic (exact) mass is 261 g/mol. The molecule has 0 saturated heterocycles. The number of carbonyl (C=O) groups excluding carboxylic acids is 2. The molecule has 2 rings (SSSR count). The highest BCUT2D eigenvalue weighted by molar-refractivity contribution is 5.91. The molecule has 0 heterocycles. The molecule has 1 fully saturated rings. The van der Waals surface area contributed by atoms with Gasteiger partial charge in [-0.05, 0) is 37.0 Å². The number of primary amides is 1. The molecular formula is C14H19N3O2. The Morgan fingerprint density at radius 3 is 2.37 bits per heavy atom. The van der Waals surface area contributed by atoms with E-state index in [1.807, 2.05) is 24.3 Å². The molecule has 0 unspecified atom stereocenters. The molecule has 102 valence electrons. The van der Waals surface area contributed by atoms with Crippen molar-refractivity contribution < 1.29 is 9.59 Å². The van der Waals surface area contributed by atoms with Gasteiger partial charge in [0.1, 0.15) is 0 Å². The highest BCUT2D eigenvalue weighted by Gasteiger charge is 2.50. The molecule has 1 aromatic rings. The molecule has 0 aromatic heterocycles. The van der Waals surface area contributed by atoms with Gasteiger partial charge in [-0.1, -0.05) is 12.1 Å². The van der Waals surface area contributed by atoms with E-state index in [1.165, 1.54) is 0 Å². The number of rotatable bonds is 6. The third-order valence-electron chi connectivity index (χ3n) is 3.53. The van der Waals surface area contributed by atoms with Gasteiger partial charge in [0.2, 0.25) is 11.8 Å². The number of carbonyl (C=O) groups is 2. The van der Waals surface area contributed by atoms with Crippen molar-refractivity contribution in [3.63, 3.8) is 0 Å². The first-order chi connectivity index (χ1) is 9.04. The molecule has 0 bridgehead atoms. The normalized spacial score (nSPS) is 15.8. The van der Waals surface area contributed by atoms with Crippen molar-refractivity contribution in [1.29, 1.82) is 0 Å². The Morgan fingerprint density at radius 1 is 1.21 bits per heavy atom. The molecule has 1 aliphatic rings. The van der Waals surface area contributed by atoms with Gasteiger partial charge in [-0.2, -0.15) is 0 Å². The summed E-state index contributed by atoms with van der Waals surface area (Å²) in [5.41, 5.74) is 12.0. The quantitative estimate of drug-likeness (QED) is 0.519. The van der Waals surface area contributed by atoms with Crippen LogP contribution in [0.1, 0.15) is 31.2 Å². The molecule has 1 aliphatic carbocycles. The molecule has 1 aromatic carbocycles. The van der Waals surface area contributed by atoms with Gasteiger partial charge >= 0.3 is 0 Å². The smallest absolute Gasteiger partial charge is 0.230 e. The van der Waals surface area contributed by atoms with Crippen LogP contribution in [0.4, 0.5) is 5.69 Å². The average molecular weight is 261 g/mol. The lowest BCUT2D eigenvalue weighted by Gasteiger charge is -2.15. The molecule has 1 saturated carbocycles. The number of benzene rings is 1. The largest absolute Gasteiger partial charge is 0.399 e. The van der Waals surface area contributed by atoms with Crippen molar-refractivity contribution in [2.75, 3.05) is 12.3 Å². The van der Waals surface area contributed by atoms with Gasteiger partial charge < -0.3 is 16.8 Å². The molecular weight excluding hydrogens is 242 g/mol. The Morgan fingerprint density at radius 2 is 1.84 bits per heavy atom. The molecule has 0 atom stereocenters. The van der Waals surface area contributed by atoms with Gasteiger partial charge in [-0.3, -0.25) is 9.59 Å². The number of hydrogen-bond donors (Lipinski definition) is 3. The Hall–Kier alpha value is -2.04. The molecule has 0 radical (unpaired) electrons. The first kappa shape index (κ1) is 13.4. The van der Waals surface area contributed by atoms with Gasteiger partial charge in [0.25, 0.3) is 0 Å². The summed E-state index contributed by atoms with van der Waals surface area (Å²) >= 11 is 0. The van der Waals surface area contributed by atoms with Crippen LogP contribution in [0.2, 0.25) is 0 Å². The zero-order chi connectivity index (χ0) is 13.9. The van der Waals surface area contributed by atoms with E-state index in [-0.39, 0.29) is 17.2 Å². The lowest BCUT2D eigenvalue weighted by Crippen LogP contribution is -2.35. The third-order valence-corrected chi connectivity index (χ3v) is 3.53. The summed E-state index contributed by atoms with van der Waals surface area (Å²) in [6, 6.07) is 7.45. The molecule has 0 spiro atoms. The number of anilines is 1. The van der Waals surface area contributed by atoms with E-state index in [0.29, 0.717) is 25.1 Å². The van der Waals surface area contributed by atoms with E-state index in [9.17, 15) is 9.59 Å². The fourth-order valence-electron chi connectivity index (χ4n) is 2.21. The van der Waals surface area contributed by atoms with E-state index in [4.69, 9.17) is 11.5 Å². The maximum Gasteiger partial charge on any atom is 0.230 e. The van der Waals surface area contributed by atoms with Gasteiger partial charge in [0, 0.05) is 18.7 Å². The van der Waals surface area contributed by atoms with Crippen LogP contribution in [0.5, 0.6) is 0 Å². The van der Waals surface area contributed by atoms with E-state index in [0.717, 1.165) is 18.4 Å². The van der Waals surface area contributed by atoms with E-state index in [2.05, 4.69) is 5.32 Å². The summed E-state index contributed by atoms with van der Waals surface area (Å²) in [6.45, 7) is 0.485. The van der Waals surface area contributed by atoms with Crippen LogP contribution in [0.25, 0.3) is 0 Å². The van der Waals surface area contributed by atoms with Gasteiger partial charge in [0.15, 0.2) is 0 Å². The summed E-state index contributed by atoms with van der Waals surface area (Å²) < 4.78 is 0. The molecule has 19 heavy (non-hydrogen) atoms. The maximum atomic E-state index is 12.2. The topological polar surface area (TPSA) is 98.2 Å². The van der Waals surface area contributed by atoms with Crippen LogP contribution in [0.15, 0.2) is 24.3 Å². The van der Waals surface area contributed by atoms with Gasteiger partial charge in [-0.15, -0.1) is 0 Å². The lowest BCUT2D eigenvalue weighted by atomic mass is 9.94. The standard InChI is InChI=1S/C14H19N3O2/c15-11-5-3-10(4-6-11)14(7-8-14)13(19)17-9-1-2-12(16)18/h3-6H,1-2,7-9,15H2,(H2,16,18)(H,17,19). The second kappa shape index (κ2) is 5.30. The van der Waals surface area contributed by atoms with Crippen molar-refractivity contribution in [2.24, 2.45) is 5.73 Å². The third kappa shape index (κ3) is 3.05. The minimum Gasteiger partial charge on any atom is -0.399 e. The van der Waals surface area contributed by atoms with Crippen molar-refractivity contribution >= 4 is 17.5 Å². The Bertz CT molecular complexity index is 478. The van der Waals surface area contributed by atoms with Crippen LogP contribution in [-0.4, -0.2) is 18.4 Å². The second-order valence-corrected chi connectivity index (χ2v) is 5.03. The Labute approximate surface area is 112 Å².